The summed E-state index contributed by atoms with van der Waals surface area (Å²) in [4.78, 5) is 0.266. The molecule has 0 unspecified atom stereocenters. The summed E-state index contributed by atoms with van der Waals surface area (Å²) in [7, 11) is -3.43. The predicted octanol–water partition coefficient (Wildman–Crippen LogP) is 2.49. The van der Waals surface area contributed by atoms with Crippen molar-refractivity contribution >= 4 is 15.4 Å². The van der Waals surface area contributed by atoms with E-state index in [0.29, 0.717) is 23.4 Å². The van der Waals surface area contributed by atoms with Gasteiger partial charge in [-0.25, -0.2) is 12.8 Å². The Morgan fingerprint density at radius 3 is 2.50 bits per heavy atom. The maximum absolute atomic E-state index is 12.9. The largest absolute Gasteiger partial charge is 0.489 e. The third-order valence-corrected chi connectivity index (χ3v) is 5.00. The van der Waals surface area contributed by atoms with Crippen LogP contribution in [-0.4, -0.2) is 15.0 Å². The van der Waals surface area contributed by atoms with E-state index >= 15 is 0 Å². The van der Waals surface area contributed by atoms with Crippen molar-refractivity contribution in [3.05, 3.63) is 64.8 Å². The maximum atomic E-state index is 12.9. The number of sulfone groups is 1. The van der Waals surface area contributed by atoms with Crippen LogP contribution in [0, 0.1) is 5.82 Å². The molecule has 0 fully saturated rings. The molecule has 2 aromatic rings. The van der Waals surface area contributed by atoms with Gasteiger partial charge in [-0.15, -0.1) is 0 Å². The van der Waals surface area contributed by atoms with Gasteiger partial charge in [0.1, 0.15) is 18.2 Å². The Kier molecular flexibility index (Phi) is 3.72. The van der Waals surface area contributed by atoms with Crippen LogP contribution in [0.2, 0.25) is 0 Å². The van der Waals surface area contributed by atoms with Crippen molar-refractivity contribution in [2.75, 3.05) is 6.61 Å². The molecular formula is C16H14FNO3S. The van der Waals surface area contributed by atoms with Crippen molar-refractivity contribution in [1.29, 1.82) is 0 Å². The van der Waals surface area contributed by atoms with Gasteiger partial charge in [-0.05, 0) is 42.0 Å². The highest BCUT2D eigenvalue weighted by Gasteiger charge is 2.27. The molecule has 0 aliphatic carbocycles. The Hall–Kier alpha value is -2.18. The molecule has 1 heterocycles. The fraction of sp³-hybridized carbons (Fsp3) is 0.125. The van der Waals surface area contributed by atoms with E-state index in [2.05, 4.69) is 0 Å². The molecule has 0 aromatic heterocycles. The zero-order valence-corrected chi connectivity index (χ0v) is 12.4. The lowest BCUT2D eigenvalue weighted by molar-refractivity contribution is 0.369. The number of ether oxygens (including phenoxy) is 1. The number of hydrogen-bond acceptors (Lipinski definition) is 4. The lowest BCUT2D eigenvalue weighted by Gasteiger charge is -2.09. The summed E-state index contributed by atoms with van der Waals surface area (Å²) < 4.78 is 42.6. The van der Waals surface area contributed by atoms with Gasteiger partial charge in [0.25, 0.3) is 0 Å². The molecule has 0 amide bonds. The second-order valence-electron chi connectivity index (χ2n) is 4.97. The van der Waals surface area contributed by atoms with Crippen LogP contribution in [0.3, 0.4) is 0 Å². The second-order valence-corrected chi connectivity index (χ2v) is 6.73. The number of nitrogens with two attached hydrogens (primary N) is 1. The Bertz CT molecular complexity index is 842. The molecule has 1 aliphatic heterocycles. The molecule has 3 rings (SSSR count). The summed E-state index contributed by atoms with van der Waals surface area (Å²) in [5.74, 6) is 0.121. The van der Waals surface area contributed by atoms with Gasteiger partial charge in [0, 0.05) is 23.1 Å². The lowest BCUT2D eigenvalue weighted by atomic mass is 10.1. The van der Waals surface area contributed by atoms with Gasteiger partial charge in [0.2, 0.25) is 9.84 Å². The van der Waals surface area contributed by atoms with Crippen LogP contribution in [0.1, 0.15) is 11.1 Å². The Morgan fingerprint density at radius 2 is 1.82 bits per heavy atom. The van der Waals surface area contributed by atoms with Gasteiger partial charge in [0.05, 0.1) is 4.90 Å². The minimum absolute atomic E-state index is 0.0892. The normalized spacial score (nSPS) is 15.3. The van der Waals surface area contributed by atoms with Gasteiger partial charge >= 0.3 is 0 Å². The van der Waals surface area contributed by atoms with Crippen molar-refractivity contribution < 1.29 is 17.5 Å². The molecule has 4 nitrogen and oxygen atoms in total. The monoisotopic (exact) mass is 319 g/mol. The summed E-state index contributed by atoms with van der Waals surface area (Å²) in [6.07, 6.45) is 0. The molecule has 0 spiro atoms. The summed E-state index contributed by atoms with van der Waals surface area (Å²) >= 11 is 0. The van der Waals surface area contributed by atoms with Crippen LogP contribution in [0.4, 0.5) is 4.39 Å². The van der Waals surface area contributed by atoms with Crippen molar-refractivity contribution in [3.63, 3.8) is 0 Å². The van der Waals surface area contributed by atoms with E-state index in [1.165, 1.54) is 29.7 Å². The highest BCUT2D eigenvalue weighted by molar-refractivity contribution is 7.95. The molecule has 22 heavy (non-hydrogen) atoms. The van der Waals surface area contributed by atoms with Crippen molar-refractivity contribution in [2.24, 2.45) is 5.73 Å². The fourth-order valence-corrected chi connectivity index (χ4v) is 3.77. The average Bonchev–Trinajstić information content (AvgIpc) is 2.77. The van der Waals surface area contributed by atoms with E-state index in [1.807, 2.05) is 0 Å². The molecule has 1 aliphatic rings. The molecular weight excluding hydrogens is 305 g/mol. The molecule has 2 aromatic carbocycles. The smallest absolute Gasteiger partial charge is 0.200 e. The second kappa shape index (κ2) is 5.55. The molecule has 0 saturated heterocycles. The zero-order valence-electron chi connectivity index (χ0n) is 11.6. The molecule has 0 saturated carbocycles. The van der Waals surface area contributed by atoms with E-state index in [4.69, 9.17) is 10.5 Å². The standard InChI is InChI=1S/C16H14FNO3S/c17-13-2-4-14(5-3-13)21-9-12-10-22(19,20)16-6-1-11(8-18)7-15(12)16/h1-7,10H,8-9,18H2. The summed E-state index contributed by atoms with van der Waals surface area (Å²) in [5, 5.41) is 1.21. The van der Waals surface area contributed by atoms with Crippen molar-refractivity contribution in [1.82, 2.24) is 0 Å². The van der Waals surface area contributed by atoms with Crippen LogP contribution in [-0.2, 0) is 16.4 Å². The quantitative estimate of drug-likeness (QED) is 0.940. The van der Waals surface area contributed by atoms with E-state index in [9.17, 15) is 12.8 Å². The van der Waals surface area contributed by atoms with Gasteiger partial charge in [0.15, 0.2) is 0 Å². The predicted molar refractivity (Wildman–Crippen MR) is 81.4 cm³/mol. The third kappa shape index (κ3) is 2.75. The van der Waals surface area contributed by atoms with E-state index < -0.39 is 9.84 Å². The lowest BCUT2D eigenvalue weighted by Crippen LogP contribution is -2.02. The first-order chi connectivity index (χ1) is 10.5. The van der Waals surface area contributed by atoms with Crippen LogP contribution < -0.4 is 10.5 Å². The first kappa shape index (κ1) is 14.7. The molecule has 6 heteroatoms. The van der Waals surface area contributed by atoms with Crippen LogP contribution in [0.15, 0.2) is 52.8 Å². The SMILES string of the molecule is NCc1ccc2c(c1)C(COc1ccc(F)cc1)=CS2(=O)=O. The zero-order chi connectivity index (χ0) is 15.7. The highest BCUT2D eigenvalue weighted by Crippen LogP contribution is 2.34. The number of hydrogen-bond donors (Lipinski definition) is 1. The van der Waals surface area contributed by atoms with Crippen LogP contribution in [0.25, 0.3) is 5.57 Å². The highest BCUT2D eigenvalue weighted by atomic mass is 32.2. The Balaban J connectivity index is 1.88. The van der Waals surface area contributed by atoms with Gasteiger partial charge in [-0.2, -0.15) is 0 Å². The van der Waals surface area contributed by atoms with Gasteiger partial charge in [-0.3, -0.25) is 0 Å². The molecule has 0 bridgehead atoms. The number of benzene rings is 2. The third-order valence-electron chi connectivity index (χ3n) is 3.44. The van der Waals surface area contributed by atoms with E-state index in [0.717, 1.165) is 5.56 Å². The molecule has 2 N–H and O–H groups in total. The summed E-state index contributed by atoms with van der Waals surface area (Å²) in [6, 6.07) is 10.6. The van der Waals surface area contributed by atoms with Gasteiger partial charge in [-0.1, -0.05) is 6.07 Å². The number of halogens is 1. The van der Waals surface area contributed by atoms with Crippen molar-refractivity contribution in [2.45, 2.75) is 11.4 Å². The Labute approximate surface area is 127 Å². The van der Waals surface area contributed by atoms with Gasteiger partial charge < -0.3 is 10.5 Å². The van der Waals surface area contributed by atoms with Crippen LogP contribution in [0.5, 0.6) is 5.75 Å². The average molecular weight is 319 g/mol. The topological polar surface area (TPSA) is 69.4 Å². The first-order valence-corrected chi connectivity index (χ1v) is 8.21. The molecule has 0 atom stereocenters. The first-order valence-electron chi connectivity index (χ1n) is 6.67. The van der Waals surface area contributed by atoms with E-state index in [1.54, 1.807) is 18.2 Å². The maximum Gasteiger partial charge on any atom is 0.200 e. The van der Waals surface area contributed by atoms with Crippen molar-refractivity contribution in [3.8, 4) is 5.75 Å². The minimum Gasteiger partial charge on any atom is -0.489 e. The van der Waals surface area contributed by atoms with Crippen LogP contribution >= 0.6 is 0 Å². The summed E-state index contributed by atoms with van der Waals surface area (Å²) in [5.41, 5.74) is 7.63. The number of fused-ring (bicyclic) bond motifs is 1. The molecule has 0 radical (unpaired) electrons. The minimum atomic E-state index is -3.43. The number of rotatable bonds is 4. The van der Waals surface area contributed by atoms with E-state index in [-0.39, 0.29) is 17.3 Å². The molecule has 114 valence electrons. The fourth-order valence-electron chi connectivity index (χ4n) is 2.32. The summed E-state index contributed by atoms with van der Waals surface area (Å²) in [6.45, 7) is 0.422. The Morgan fingerprint density at radius 1 is 1.09 bits per heavy atom.